The van der Waals surface area contributed by atoms with E-state index >= 15 is 0 Å². The Balaban J connectivity index is 1.37. The number of rotatable bonds is 5. The predicted molar refractivity (Wildman–Crippen MR) is 117 cm³/mol. The Kier molecular flexibility index (Phi) is 5.80. The molecule has 29 heavy (non-hydrogen) atoms. The van der Waals surface area contributed by atoms with Crippen molar-refractivity contribution in [3.8, 4) is 0 Å². The molecule has 2 N–H and O–H groups in total. The lowest BCUT2D eigenvalue weighted by molar-refractivity contribution is 0.245. The van der Waals surface area contributed by atoms with E-state index in [2.05, 4.69) is 14.9 Å². The van der Waals surface area contributed by atoms with Crippen LogP contribution in [0.2, 0.25) is 10.0 Å². The first kappa shape index (κ1) is 19.8. The number of hydrogen-bond acceptors (Lipinski definition) is 4. The Morgan fingerprint density at radius 1 is 1.10 bits per heavy atom. The second-order valence-corrected chi connectivity index (χ2v) is 7.75. The molecule has 1 fully saturated rings. The summed E-state index contributed by atoms with van der Waals surface area (Å²) in [6.45, 7) is 4.60. The summed E-state index contributed by atoms with van der Waals surface area (Å²) >= 11 is 12.5. The van der Waals surface area contributed by atoms with Crippen LogP contribution in [0.4, 0.5) is 16.3 Å². The van der Waals surface area contributed by atoms with Gasteiger partial charge in [-0.25, -0.2) is 9.31 Å². The summed E-state index contributed by atoms with van der Waals surface area (Å²) in [5, 5.41) is 5.61. The number of nitrogens with two attached hydrogens (primary N) is 1. The Labute approximate surface area is 179 Å². The number of aromatic nitrogens is 2. The maximum absolute atomic E-state index is 12.0. The van der Waals surface area contributed by atoms with Crippen LogP contribution in [0.25, 0.3) is 5.52 Å². The average molecular weight is 433 g/mol. The highest BCUT2D eigenvalue weighted by Crippen LogP contribution is 2.32. The third kappa shape index (κ3) is 4.27. The van der Waals surface area contributed by atoms with E-state index in [1.165, 1.54) is 4.90 Å². The van der Waals surface area contributed by atoms with Crippen molar-refractivity contribution in [3.05, 3.63) is 58.7 Å². The van der Waals surface area contributed by atoms with E-state index in [4.69, 9.17) is 28.9 Å². The maximum Gasteiger partial charge on any atom is 0.320 e. The van der Waals surface area contributed by atoms with E-state index in [0.29, 0.717) is 29.0 Å². The van der Waals surface area contributed by atoms with Crippen LogP contribution in [0.1, 0.15) is 0 Å². The van der Waals surface area contributed by atoms with Gasteiger partial charge in [-0.15, -0.1) is 5.10 Å². The molecular weight excluding hydrogens is 411 g/mol. The topological polar surface area (TPSA) is 70.1 Å². The summed E-state index contributed by atoms with van der Waals surface area (Å²) in [5.74, 6) is 0.563. The summed E-state index contributed by atoms with van der Waals surface area (Å²) in [4.78, 5) is 18.1. The molecule has 1 saturated heterocycles. The highest BCUT2D eigenvalue weighted by molar-refractivity contribution is 6.43. The van der Waals surface area contributed by atoms with E-state index in [0.717, 1.165) is 37.4 Å². The molecule has 9 heteroatoms. The molecule has 2 aromatic heterocycles. The minimum Gasteiger partial charge on any atom is -0.368 e. The molecular formula is C20H22Cl2N6O. The maximum atomic E-state index is 12.0. The van der Waals surface area contributed by atoms with Gasteiger partial charge in [0, 0.05) is 51.5 Å². The molecule has 1 aromatic carbocycles. The van der Waals surface area contributed by atoms with E-state index in [1.54, 1.807) is 10.6 Å². The highest BCUT2D eigenvalue weighted by Gasteiger charge is 2.22. The fourth-order valence-corrected chi connectivity index (χ4v) is 4.00. The van der Waals surface area contributed by atoms with Crippen molar-refractivity contribution in [1.29, 1.82) is 0 Å². The van der Waals surface area contributed by atoms with Gasteiger partial charge in [0.15, 0.2) is 5.82 Å². The highest BCUT2D eigenvalue weighted by atomic mass is 35.5. The van der Waals surface area contributed by atoms with Crippen LogP contribution in [0.5, 0.6) is 0 Å². The van der Waals surface area contributed by atoms with Crippen LogP contribution in [-0.4, -0.2) is 59.8 Å². The van der Waals surface area contributed by atoms with E-state index in [-0.39, 0.29) is 0 Å². The monoisotopic (exact) mass is 432 g/mol. The normalized spacial score (nSPS) is 15.0. The van der Waals surface area contributed by atoms with Crippen molar-refractivity contribution < 1.29 is 4.79 Å². The quantitative estimate of drug-likeness (QED) is 0.670. The van der Waals surface area contributed by atoms with Crippen molar-refractivity contribution in [2.24, 2.45) is 5.73 Å². The number of fused-ring (bicyclic) bond motifs is 1. The minimum atomic E-state index is -0.502. The number of carbonyl (C=O) groups excluding carboxylic acids is 1. The molecule has 0 bridgehead atoms. The van der Waals surface area contributed by atoms with E-state index < -0.39 is 6.03 Å². The Morgan fingerprint density at radius 2 is 1.90 bits per heavy atom. The van der Waals surface area contributed by atoms with Gasteiger partial charge in [-0.05, 0) is 24.3 Å². The molecule has 3 aromatic rings. The standard InChI is InChI=1S/C20H22Cl2N6O/c21-16-5-3-6-17(19(16)22)26-11-8-25(9-12-26)10-13-27(20(23)29)18-14-15-4-1-2-7-28(15)24-18/h1-7,14H,8-13H2,(H2,23,29). The molecule has 152 valence electrons. The summed E-state index contributed by atoms with van der Waals surface area (Å²) in [6, 6.07) is 12.8. The van der Waals surface area contributed by atoms with Crippen molar-refractivity contribution in [2.75, 3.05) is 49.1 Å². The average Bonchev–Trinajstić information content (AvgIpc) is 3.14. The molecule has 2 amide bonds. The van der Waals surface area contributed by atoms with Gasteiger partial charge in [0.2, 0.25) is 0 Å². The van der Waals surface area contributed by atoms with Crippen molar-refractivity contribution in [1.82, 2.24) is 14.5 Å². The number of carbonyl (C=O) groups is 1. The lowest BCUT2D eigenvalue weighted by Crippen LogP contribution is -2.49. The van der Waals surface area contributed by atoms with Crippen LogP contribution >= 0.6 is 23.2 Å². The minimum absolute atomic E-state index is 0.483. The number of primary amides is 1. The first-order valence-corrected chi connectivity index (χ1v) is 10.2. The first-order valence-electron chi connectivity index (χ1n) is 9.45. The van der Waals surface area contributed by atoms with Gasteiger partial charge < -0.3 is 10.6 Å². The zero-order chi connectivity index (χ0) is 20.4. The Bertz CT molecular complexity index is 982. The van der Waals surface area contributed by atoms with Gasteiger partial charge in [-0.2, -0.15) is 0 Å². The second kappa shape index (κ2) is 8.49. The van der Waals surface area contributed by atoms with Crippen LogP contribution in [0.15, 0.2) is 48.7 Å². The summed E-state index contributed by atoms with van der Waals surface area (Å²) in [6.07, 6.45) is 1.85. The second-order valence-electron chi connectivity index (χ2n) is 6.96. The van der Waals surface area contributed by atoms with Crippen LogP contribution in [0, 0.1) is 0 Å². The number of amides is 2. The molecule has 7 nitrogen and oxygen atoms in total. The summed E-state index contributed by atoms with van der Waals surface area (Å²) in [7, 11) is 0. The molecule has 1 aliphatic rings. The predicted octanol–water partition coefficient (Wildman–Crippen LogP) is 3.35. The fourth-order valence-electron chi connectivity index (χ4n) is 3.58. The van der Waals surface area contributed by atoms with Gasteiger partial charge >= 0.3 is 6.03 Å². The number of nitrogens with zero attached hydrogens (tertiary/aromatic N) is 5. The molecule has 0 atom stereocenters. The molecule has 0 radical (unpaired) electrons. The van der Waals surface area contributed by atoms with Crippen molar-refractivity contribution >= 4 is 46.3 Å². The molecule has 0 aliphatic carbocycles. The molecule has 0 unspecified atom stereocenters. The van der Waals surface area contributed by atoms with E-state index in [1.807, 2.05) is 42.6 Å². The van der Waals surface area contributed by atoms with Crippen LogP contribution in [0.3, 0.4) is 0 Å². The lowest BCUT2D eigenvalue weighted by atomic mass is 10.2. The Morgan fingerprint density at radius 3 is 2.62 bits per heavy atom. The molecule has 3 heterocycles. The molecule has 0 saturated carbocycles. The smallest absolute Gasteiger partial charge is 0.320 e. The fraction of sp³-hybridized carbons (Fsp3) is 0.300. The largest absolute Gasteiger partial charge is 0.368 e. The molecule has 4 rings (SSSR count). The number of benzene rings is 1. The SMILES string of the molecule is NC(=O)N(CCN1CCN(c2cccc(Cl)c2Cl)CC1)c1cc2ccccn2n1. The lowest BCUT2D eigenvalue weighted by Gasteiger charge is -2.37. The van der Waals surface area contributed by atoms with Crippen LogP contribution < -0.4 is 15.5 Å². The Hall–Kier alpha value is -2.48. The zero-order valence-corrected chi connectivity index (χ0v) is 17.4. The van der Waals surface area contributed by atoms with Gasteiger partial charge in [0.05, 0.1) is 21.2 Å². The number of piperazine rings is 1. The van der Waals surface area contributed by atoms with Crippen LogP contribution in [-0.2, 0) is 0 Å². The van der Waals surface area contributed by atoms with Gasteiger partial charge in [0.1, 0.15) is 0 Å². The first-order chi connectivity index (χ1) is 14.0. The number of halogens is 2. The molecule has 1 aliphatic heterocycles. The van der Waals surface area contributed by atoms with Gasteiger partial charge in [0.25, 0.3) is 0 Å². The van der Waals surface area contributed by atoms with Gasteiger partial charge in [-0.3, -0.25) is 9.80 Å². The molecule has 0 spiro atoms. The third-order valence-corrected chi connectivity index (χ3v) is 5.99. The number of urea groups is 1. The number of anilines is 2. The summed E-state index contributed by atoms with van der Waals surface area (Å²) < 4.78 is 1.73. The van der Waals surface area contributed by atoms with Crippen molar-refractivity contribution in [3.63, 3.8) is 0 Å². The third-order valence-electron chi connectivity index (χ3n) is 5.18. The zero-order valence-electron chi connectivity index (χ0n) is 15.8. The summed E-state index contributed by atoms with van der Waals surface area (Å²) in [5.41, 5.74) is 7.50. The van der Waals surface area contributed by atoms with Crippen molar-refractivity contribution in [2.45, 2.75) is 0 Å². The number of hydrogen-bond donors (Lipinski definition) is 1. The number of pyridine rings is 1. The van der Waals surface area contributed by atoms with Gasteiger partial charge in [-0.1, -0.05) is 35.3 Å². The van der Waals surface area contributed by atoms with E-state index in [9.17, 15) is 4.79 Å².